The first-order valence-electron chi connectivity index (χ1n) is 8.71. The summed E-state index contributed by atoms with van der Waals surface area (Å²) in [7, 11) is -1.68. The van der Waals surface area contributed by atoms with Gasteiger partial charge in [0.2, 0.25) is 17.8 Å². The molecule has 1 aromatic heterocycles. The average Bonchev–Trinajstić information content (AvgIpc) is 2.71. The van der Waals surface area contributed by atoms with E-state index in [4.69, 9.17) is 14.4 Å². The highest BCUT2D eigenvalue weighted by molar-refractivity contribution is 7.80. The number of aromatic nitrogens is 3. The summed E-state index contributed by atoms with van der Waals surface area (Å²) in [6, 6.07) is -1.85. The molecule has 1 heterocycles. The molecule has 0 fully saturated rings. The van der Waals surface area contributed by atoms with Crippen LogP contribution in [0.25, 0.3) is 0 Å². The summed E-state index contributed by atoms with van der Waals surface area (Å²) in [6.07, 6.45) is 0.232. The average molecular weight is 483 g/mol. The molecule has 2 atom stereocenters. The first kappa shape index (κ1) is 26.2. The van der Waals surface area contributed by atoms with Gasteiger partial charge in [0.05, 0.1) is 14.2 Å². The molecule has 1 rings (SSSR count). The second kappa shape index (κ2) is 12.8. The Morgan fingerprint density at radius 2 is 1.37 bits per heavy atom. The largest absolute Gasteiger partial charge is 0.492 e. The van der Waals surface area contributed by atoms with Crippen molar-refractivity contribution >= 4 is 63.8 Å². The molecule has 0 aromatic carbocycles. The molecule has 0 unspecified atom stereocenters. The minimum absolute atomic E-state index is 0.00238. The molecule has 16 heteroatoms. The van der Waals surface area contributed by atoms with E-state index in [-0.39, 0.29) is 48.4 Å². The number of carbonyl (C=O) groups excluding carboxylic acids is 2. The third-order valence-electron chi connectivity index (χ3n) is 3.55. The molecule has 0 saturated heterocycles. The lowest BCUT2D eigenvalue weighted by Crippen LogP contribution is -2.35. The quantitative estimate of drug-likeness (QED) is 0.0692. The Balaban J connectivity index is 3.04. The number of carbonyl (C=O) groups is 2. The maximum absolute atomic E-state index is 11.8. The third-order valence-corrected chi connectivity index (χ3v) is 5.31. The van der Waals surface area contributed by atoms with Crippen molar-refractivity contribution in [2.45, 2.75) is 24.5 Å². The zero-order valence-electron chi connectivity index (χ0n) is 16.4. The van der Waals surface area contributed by atoms with Crippen molar-refractivity contribution in [1.29, 1.82) is 0 Å². The highest BCUT2D eigenvalue weighted by Crippen LogP contribution is 2.13. The van der Waals surface area contributed by atoms with Crippen LogP contribution in [0.5, 0.6) is 0 Å². The number of ether oxygens (including phenoxy) is 2. The van der Waals surface area contributed by atoms with Gasteiger partial charge < -0.3 is 39.8 Å². The van der Waals surface area contributed by atoms with Gasteiger partial charge in [-0.3, -0.25) is 0 Å². The van der Waals surface area contributed by atoms with Crippen molar-refractivity contribution in [2.75, 3.05) is 48.2 Å². The summed E-state index contributed by atoms with van der Waals surface area (Å²) in [5.74, 6) is -0.889. The lowest BCUT2D eigenvalue weighted by molar-refractivity contribution is -0.141. The summed E-state index contributed by atoms with van der Waals surface area (Å²) in [5, 5.41) is 8.38. The van der Waals surface area contributed by atoms with Gasteiger partial charge in [0, 0.05) is 24.1 Å². The molecule has 0 amide bonds. The molecule has 170 valence electrons. The minimum Gasteiger partial charge on any atom is -0.467 e. The van der Waals surface area contributed by atoms with Crippen molar-refractivity contribution in [2.24, 2.45) is 0 Å². The summed E-state index contributed by atoms with van der Waals surface area (Å²) >= 11 is 8.19. The fourth-order valence-corrected chi connectivity index (χ4v) is 3.20. The molecular weight excluding hydrogens is 456 g/mol. The van der Waals surface area contributed by atoms with Crippen LogP contribution in [0.1, 0.15) is 6.42 Å². The van der Waals surface area contributed by atoms with E-state index >= 15 is 0 Å². The third kappa shape index (κ3) is 9.31. The highest BCUT2D eigenvalue weighted by Gasteiger charge is 2.26. The van der Waals surface area contributed by atoms with Crippen LogP contribution in [0.4, 0.5) is 17.8 Å². The Morgan fingerprint density at radius 1 is 0.933 bits per heavy atom. The van der Waals surface area contributed by atoms with E-state index < -0.39 is 32.8 Å². The molecule has 0 aliphatic rings. The van der Waals surface area contributed by atoms with E-state index in [0.717, 1.165) is 0 Å². The zero-order chi connectivity index (χ0) is 22.7. The molecule has 0 radical (unpaired) electrons. The first-order valence-corrected chi connectivity index (χ1v) is 12.0. The summed E-state index contributed by atoms with van der Waals surface area (Å²) in [6.45, 7) is 0.208. The minimum atomic E-state index is -4.14. The topological polar surface area (TPSA) is 188 Å². The first-order chi connectivity index (χ1) is 14.1. The zero-order valence-corrected chi connectivity index (χ0v) is 19.2. The van der Waals surface area contributed by atoms with E-state index in [1.165, 1.54) is 14.2 Å². The van der Waals surface area contributed by atoms with Gasteiger partial charge in [-0.25, -0.2) is 9.59 Å². The van der Waals surface area contributed by atoms with E-state index in [2.05, 4.69) is 65.6 Å². The van der Waals surface area contributed by atoms with E-state index in [0.29, 0.717) is 0 Å². The van der Waals surface area contributed by atoms with Gasteiger partial charge in [0.1, 0.15) is 12.1 Å². The number of anilines is 3. The molecule has 0 saturated carbocycles. The summed E-state index contributed by atoms with van der Waals surface area (Å²) in [4.78, 5) is 63.2. The maximum atomic E-state index is 11.8. The van der Waals surface area contributed by atoms with Crippen molar-refractivity contribution < 1.29 is 33.4 Å². The molecule has 30 heavy (non-hydrogen) atoms. The highest BCUT2D eigenvalue weighted by atomic mass is 32.1. The van der Waals surface area contributed by atoms with Crippen molar-refractivity contribution in [3.63, 3.8) is 0 Å². The number of hydrogen-bond acceptors (Lipinski definition) is 15. The Bertz CT molecular complexity index is 668. The number of methoxy groups -OCH3 is 2. The Labute approximate surface area is 185 Å². The lowest BCUT2D eigenvalue weighted by atomic mass is 10.3. The molecule has 1 aromatic rings. The summed E-state index contributed by atoms with van der Waals surface area (Å²) < 4.78 is 9.37. The molecule has 0 bridgehead atoms. The number of esters is 2. The van der Waals surface area contributed by atoms with E-state index in [1.807, 2.05) is 0 Å². The standard InChI is InChI=1S/C14H26N6O7S2Si/c1-26-10(21)8(6-28)16-13-18-12(15-4-3-5-30(23,24)25)19-14(20-13)17-9(7-29)11(22)27-2/h8-9,23-25,28-29H,3-7H2,1-2H3,(H3,15,16,17,18,19,20)/t8-,9-/m0/s1. The van der Waals surface area contributed by atoms with Crippen LogP contribution < -0.4 is 16.0 Å². The molecule has 0 aliphatic heterocycles. The van der Waals surface area contributed by atoms with Crippen LogP contribution in [0.3, 0.4) is 0 Å². The Hall–Kier alpha value is -1.85. The molecule has 0 spiro atoms. The number of thiol groups is 2. The van der Waals surface area contributed by atoms with E-state index in [9.17, 15) is 9.59 Å². The Morgan fingerprint density at radius 3 is 1.73 bits per heavy atom. The SMILES string of the molecule is COC(=O)[C@H](CS)Nc1nc(NCCC[Si](O)(O)O)nc(N[C@@H](CS)C(=O)OC)n1. The molecule has 6 N–H and O–H groups in total. The maximum Gasteiger partial charge on any atom is 0.492 e. The second-order valence-electron chi connectivity index (χ2n) is 5.92. The monoisotopic (exact) mass is 482 g/mol. The van der Waals surface area contributed by atoms with Gasteiger partial charge in [0.15, 0.2) is 0 Å². The number of hydrogen-bond donors (Lipinski definition) is 8. The number of rotatable bonds is 13. The van der Waals surface area contributed by atoms with Crippen molar-refractivity contribution in [1.82, 2.24) is 15.0 Å². The molecular formula is C14H26N6O7S2Si. The van der Waals surface area contributed by atoms with Crippen LogP contribution in [-0.4, -0.2) is 94.4 Å². The van der Waals surface area contributed by atoms with Gasteiger partial charge in [0.25, 0.3) is 0 Å². The Kier molecular flexibility index (Phi) is 11.1. The van der Waals surface area contributed by atoms with Gasteiger partial charge in [-0.15, -0.1) is 0 Å². The van der Waals surface area contributed by atoms with Gasteiger partial charge in [-0.1, -0.05) is 0 Å². The fourth-order valence-electron chi connectivity index (χ4n) is 2.06. The van der Waals surface area contributed by atoms with Gasteiger partial charge in [-0.2, -0.15) is 40.2 Å². The van der Waals surface area contributed by atoms with Crippen LogP contribution in [-0.2, 0) is 19.1 Å². The summed E-state index contributed by atoms with van der Waals surface area (Å²) in [5.41, 5.74) is 0. The number of nitrogens with zero attached hydrogens (tertiary/aromatic N) is 3. The van der Waals surface area contributed by atoms with Crippen LogP contribution >= 0.6 is 25.3 Å². The predicted octanol–water partition coefficient (Wildman–Crippen LogP) is -1.64. The van der Waals surface area contributed by atoms with Gasteiger partial charge in [-0.05, 0) is 6.42 Å². The second-order valence-corrected chi connectivity index (χ2v) is 8.70. The smallest absolute Gasteiger partial charge is 0.467 e. The van der Waals surface area contributed by atoms with Gasteiger partial charge >= 0.3 is 20.7 Å². The number of nitrogens with one attached hydrogen (secondary N) is 3. The van der Waals surface area contributed by atoms with E-state index in [1.54, 1.807) is 0 Å². The molecule has 0 aliphatic carbocycles. The van der Waals surface area contributed by atoms with Crippen LogP contribution in [0, 0.1) is 0 Å². The normalized spacial score (nSPS) is 13.2. The van der Waals surface area contributed by atoms with Crippen LogP contribution in [0.15, 0.2) is 0 Å². The van der Waals surface area contributed by atoms with Crippen molar-refractivity contribution in [3.05, 3.63) is 0 Å². The predicted molar refractivity (Wildman–Crippen MR) is 117 cm³/mol. The van der Waals surface area contributed by atoms with Crippen LogP contribution in [0.2, 0.25) is 6.04 Å². The van der Waals surface area contributed by atoms with Crippen molar-refractivity contribution in [3.8, 4) is 0 Å². The lowest BCUT2D eigenvalue weighted by Gasteiger charge is -2.18. The fraction of sp³-hybridized carbons (Fsp3) is 0.643. The molecule has 13 nitrogen and oxygen atoms in total.